The Hall–Kier alpha value is -1.85. The summed E-state index contributed by atoms with van der Waals surface area (Å²) in [5, 5.41) is 54.4. The normalized spacial score (nSPS) is 20.1. The third-order valence-electron chi connectivity index (χ3n) is 13.1. The van der Waals surface area contributed by atoms with E-state index in [1.54, 1.807) is 6.08 Å². The molecule has 1 aliphatic rings. The molecular formula is C57H105NO8. The zero-order chi connectivity index (χ0) is 48.0. The Kier molecular flexibility index (Phi) is 44.1. The summed E-state index contributed by atoms with van der Waals surface area (Å²) in [6, 6.07) is -0.827. The molecule has 0 aromatic carbocycles. The maximum absolute atomic E-state index is 13.0. The van der Waals surface area contributed by atoms with Gasteiger partial charge in [0.05, 0.1) is 25.4 Å². The minimum absolute atomic E-state index is 0.194. The van der Waals surface area contributed by atoms with Crippen molar-refractivity contribution in [1.82, 2.24) is 5.32 Å². The molecule has 0 spiro atoms. The van der Waals surface area contributed by atoms with E-state index in [4.69, 9.17) is 9.47 Å². The van der Waals surface area contributed by atoms with Crippen LogP contribution in [0.25, 0.3) is 0 Å². The van der Waals surface area contributed by atoms with Gasteiger partial charge in [0.2, 0.25) is 5.91 Å². The molecule has 7 atom stereocenters. The van der Waals surface area contributed by atoms with Gasteiger partial charge in [-0.15, -0.1) is 0 Å². The summed E-state index contributed by atoms with van der Waals surface area (Å²) in [5.74, 6) is -0.194. The molecule has 7 unspecified atom stereocenters. The Balaban J connectivity index is 2.27. The highest BCUT2D eigenvalue weighted by atomic mass is 16.7. The number of unbranched alkanes of at least 4 members (excludes halogenated alkanes) is 31. The van der Waals surface area contributed by atoms with Crippen LogP contribution in [0, 0.1) is 0 Å². The molecule has 0 radical (unpaired) electrons. The molecule has 1 aliphatic heterocycles. The SMILES string of the molecule is CCCCCC/C=C\C/C=C\CCCCCCCCCC(=O)NC(COC1OC(CO)C(O)C(O)C1O)C(O)/C=C/CC/C=C/CCCCCCCCCCCCCCCCCCCCC. The van der Waals surface area contributed by atoms with Crippen LogP contribution in [0.1, 0.15) is 251 Å². The Morgan fingerprint density at radius 1 is 0.515 bits per heavy atom. The third-order valence-corrected chi connectivity index (χ3v) is 13.1. The summed E-state index contributed by atoms with van der Waals surface area (Å²) >= 11 is 0. The summed E-state index contributed by atoms with van der Waals surface area (Å²) < 4.78 is 11.2. The molecule has 6 N–H and O–H groups in total. The zero-order valence-corrected chi connectivity index (χ0v) is 42.7. The molecule has 66 heavy (non-hydrogen) atoms. The number of hydrogen-bond acceptors (Lipinski definition) is 8. The fourth-order valence-electron chi connectivity index (χ4n) is 8.67. The lowest BCUT2D eigenvalue weighted by Crippen LogP contribution is -2.60. The Morgan fingerprint density at radius 2 is 0.909 bits per heavy atom. The van der Waals surface area contributed by atoms with Gasteiger partial charge in [0.15, 0.2) is 6.29 Å². The summed E-state index contributed by atoms with van der Waals surface area (Å²) in [6.07, 6.45) is 54.6. The second-order valence-electron chi connectivity index (χ2n) is 19.4. The fraction of sp³-hybridized carbons (Fsp3) is 0.842. The van der Waals surface area contributed by atoms with Crippen LogP contribution in [0.4, 0.5) is 0 Å². The molecule has 9 nitrogen and oxygen atoms in total. The zero-order valence-electron chi connectivity index (χ0n) is 42.7. The highest BCUT2D eigenvalue weighted by Crippen LogP contribution is 2.23. The number of hydrogen-bond donors (Lipinski definition) is 6. The number of aliphatic hydroxyl groups excluding tert-OH is 5. The molecule has 1 saturated heterocycles. The lowest BCUT2D eigenvalue weighted by atomic mass is 9.99. The molecule has 0 aromatic rings. The van der Waals surface area contributed by atoms with E-state index in [0.29, 0.717) is 6.42 Å². The van der Waals surface area contributed by atoms with Gasteiger partial charge < -0.3 is 40.3 Å². The van der Waals surface area contributed by atoms with Crippen LogP contribution in [0.15, 0.2) is 48.6 Å². The average molecular weight is 932 g/mol. The Bertz CT molecular complexity index is 1170. The number of amides is 1. The standard InChI is InChI=1S/C57H105NO8/c1-3-5-7-9-11-13-15-17-19-21-23-24-25-26-27-28-29-30-32-34-36-38-40-42-44-46-51(60)50(49-65-57-56(64)55(63)54(62)52(48-59)66-57)58-53(61)47-45-43-41-39-37-35-33-31-22-20-18-16-14-12-10-8-6-4-2/h14,16,20,22,36,38,44,46,50-52,54-57,59-60,62-64H,3-13,15,17-19,21,23-35,37,39-43,45,47-49H2,1-2H3,(H,58,61)/b16-14-,22-20-,38-36+,46-44+. The van der Waals surface area contributed by atoms with E-state index >= 15 is 0 Å². The largest absolute Gasteiger partial charge is 0.394 e. The summed E-state index contributed by atoms with van der Waals surface area (Å²) in [7, 11) is 0. The molecular weight excluding hydrogens is 827 g/mol. The number of rotatable bonds is 47. The molecule has 0 aliphatic carbocycles. The smallest absolute Gasteiger partial charge is 0.220 e. The van der Waals surface area contributed by atoms with Crippen LogP contribution < -0.4 is 5.32 Å². The van der Waals surface area contributed by atoms with Gasteiger partial charge in [0, 0.05) is 6.42 Å². The third kappa shape index (κ3) is 36.2. The van der Waals surface area contributed by atoms with Gasteiger partial charge in [-0.1, -0.05) is 229 Å². The first-order valence-electron chi connectivity index (χ1n) is 27.9. The number of aliphatic hydroxyl groups is 5. The minimum Gasteiger partial charge on any atom is -0.394 e. The van der Waals surface area contributed by atoms with E-state index in [0.717, 1.165) is 57.8 Å². The second-order valence-corrected chi connectivity index (χ2v) is 19.4. The Morgan fingerprint density at radius 3 is 1.38 bits per heavy atom. The van der Waals surface area contributed by atoms with Crippen molar-refractivity contribution in [2.75, 3.05) is 13.2 Å². The number of ether oxygens (including phenoxy) is 2. The molecule has 386 valence electrons. The van der Waals surface area contributed by atoms with Crippen molar-refractivity contribution in [3.63, 3.8) is 0 Å². The first-order valence-corrected chi connectivity index (χ1v) is 27.9. The van der Waals surface area contributed by atoms with Crippen molar-refractivity contribution in [1.29, 1.82) is 0 Å². The molecule has 9 heteroatoms. The minimum atomic E-state index is -1.57. The van der Waals surface area contributed by atoms with Crippen LogP contribution >= 0.6 is 0 Å². The number of allylic oxidation sites excluding steroid dienone is 7. The van der Waals surface area contributed by atoms with E-state index in [2.05, 4.69) is 55.6 Å². The number of nitrogens with one attached hydrogen (secondary N) is 1. The molecule has 0 saturated carbocycles. The molecule has 0 aromatic heterocycles. The van der Waals surface area contributed by atoms with E-state index < -0.39 is 49.5 Å². The van der Waals surface area contributed by atoms with Crippen LogP contribution in [0.2, 0.25) is 0 Å². The Labute approximate surface area is 405 Å². The van der Waals surface area contributed by atoms with Gasteiger partial charge in [-0.25, -0.2) is 0 Å². The van der Waals surface area contributed by atoms with Gasteiger partial charge in [0.25, 0.3) is 0 Å². The van der Waals surface area contributed by atoms with Crippen LogP contribution in [-0.2, 0) is 14.3 Å². The summed E-state index contributed by atoms with van der Waals surface area (Å²) in [5.41, 5.74) is 0. The predicted molar refractivity (Wildman–Crippen MR) is 276 cm³/mol. The topological polar surface area (TPSA) is 149 Å². The lowest BCUT2D eigenvalue weighted by molar-refractivity contribution is -0.302. The fourth-order valence-corrected chi connectivity index (χ4v) is 8.67. The molecule has 1 rings (SSSR count). The van der Waals surface area contributed by atoms with Crippen molar-refractivity contribution in [3.05, 3.63) is 48.6 Å². The maximum Gasteiger partial charge on any atom is 0.220 e. The van der Waals surface area contributed by atoms with Crippen molar-refractivity contribution < 1.29 is 39.8 Å². The van der Waals surface area contributed by atoms with E-state index in [9.17, 15) is 30.3 Å². The van der Waals surface area contributed by atoms with Crippen molar-refractivity contribution >= 4 is 5.91 Å². The first kappa shape index (κ1) is 62.2. The quantitative estimate of drug-likeness (QED) is 0.0261. The maximum atomic E-state index is 13.0. The predicted octanol–water partition coefficient (Wildman–Crippen LogP) is 13.3. The van der Waals surface area contributed by atoms with E-state index in [1.807, 2.05) is 6.08 Å². The lowest BCUT2D eigenvalue weighted by Gasteiger charge is -2.40. The van der Waals surface area contributed by atoms with Crippen molar-refractivity contribution in [3.8, 4) is 0 Å². The van der Waals surface area contributed by atoms with Crippen molar-refractivity contribution in [2.45, 2.75) is 294 Å². The number of carbonyl (C=O) groups excluding carboxylic acids is 1. The first-order chi connectivity index (χ1) is 32.3. The second kappa shape index (κ2) is 46.9. The molecule has 1 heterocycles. The summed E-state index contributed by atoms with van der Waals surface area (Å²) in [6.45, 7) is 3.76. The molecule has 0 bridgehead atoms. The van der Waals surface area contributed by atoms with Crippen LogP contribution in [0.3, 0.4) is 0 Å². The van der Waals surface area contributed by atoms with Crippen LogP contribution in [-0.4, -0.2) is 87.5 Å². The number of carbonyl (C=O) groups is 1. The van der Waals surface area contributed by atoms with Gasteiger partial charge >= 0.3 is 0 Å². The van der Waals surface area contributed by atoms with E-state index in [1.165, 1.54) is 173 Å². The molecule has 1 amide bonds. The summed E-state index contributed by atoms with van der Waals surface area (Å²) in [4.78, 5) is 13.0. The van der Waals surface area contributed by atoms with Gasteiger partial charge in [-0.05, 0) is 64.2 Å². The highest BCUT2D eigenvalue weighted by molar-refractivity contribution is 5.76. The van der Waals surface area contributed by atoms with Gasteiger partial charge in [0.1, 0.15) is 24.4 Å². The van der Waals surface area contributed by atoms with Crippen LogP contribution in [0.5, 0.6) is 0 Å². The monoisotopic (exact) mass is 932 g/mol. The van der Waals surface area contributed by atoms with E-state index in [-0.39, 0.29) is 12.5 Å². The molecule has 1 fully saturated rings. The highest BCUT2D eigenvalue weighted by Gasteiger charge is 2.44. The van der Waals surface area contributed by atoms with Crippen molar-refractivity contribution in [2.24, 2.45) is 0 Å². The van der Waals surface area contributed by atoms with Gasteiger partial charge in [-0.2, -0.15) is 0 Å². The average Bonchev–Trinajstić information content (AvgIpc) is 3.32. The van der Waals surface area contributed by atoms with Gasteiger partial charge in [-0.3, -0.25) is 4.79 Å².